The van der Waals surface area contributed by atoms with Gasteiger partial charge in [0.05, 0.1) is 6.04 Å². The Balaban J connectivity index is 1.90. The minimum Gasteiger partial charge on any atom is -0.491 e. The molecule has 0 saturated carbocycles. The van der Waals surface area contributed by atoms with Crippen LogP contribution >= 0.6 is 11.6 Å². The van der Waals surface area contributed by atoms with Gasteiger partial charge in [-0.2, -0.15) is 0 Å². The van der Waals surface area contributed by atoms with Gasteiger partial charge in [0.15, 0.2) is 0 Å². The fraction of sp³-hybridized carbons (Fsp3) is 0.412. The molecule has 1 aliphatic heterocycles. The van der Waals surface area contributed by atoms with Crippen LogP contribution < -0.4 is 10.1 Å². The van der Waals surface area contributed by atoms with Crippen molar-refractivity contribution in [3.63, 3.8) is 0 Å². The number of nitrogens with zero attached hydrogens (tertiary/aromatic N) is 1. The molecule has 0 spiro atoms. The quantitative estimate of drug-likeness (QED) is 0.875. The Labute approximate surface area is 134 Å². The molecule has 0 radical (unpaired) electrons. The zero-order chi connectivity index (χ0) is 15.7. The highest BCUT2D eigenvalue weighted by Crippen LogP contribution is 2.33. The van der Waals surface area contributed by atoms with Crippen LogP contribution in [0.5, 0.6) is 5.75 Å². The lowest BCUT2D eigenvalue weighted by Crippen LogP contribution is -2.30. The van der Waals surface area contributed by atoms with Gasteiger partial charge in [-0.3, -0.25) is 4.79 Å². The van der Waals surface area contributed by atoms with Crippen LogP contribution in [0.1, 0.15) is 38.2 Å². The molecule has 4 nitrogen and oxygen atoms in total. The Kier molecular flexibility index (Phi) is 4.21. The van der Waals surface area contributed by atoms with Crippen LogP contribution in [0.2, 0.25) is 5.15 Å². The number of pyridine rings is 1. The van der Waals surface area contributed by atoms with Crippen LogP contribution in [-0.4, -0.2) is 23.5 Å². The molecule has 116 valence electrons. The third-order valence-electron chi connectivity index (χ3n) is 4.01. The number of hydrogen-bond acceptors (Lipinski definition) is 3. The van der Waals surface area contributed by atoms with Gasteiger partial charge < -0.3 is 10.1 Å². The first-order chi connectivity index (χ1) is 10.5. The predicted molar refractivity (Wildman–Crippen MR) is 87.5 cm³/mol. The van der Waals surface area contributed by atoms with Crippen LogP contribution in [-0.2, 0) is 4.79 Å². The molecule has 3 rings (SSSR count). The summed E-state index contributed by atoms with van der Waals surface area (Å²) in [7, 11) is 0. The molecule has 1 aliphatic rings. The Morgan fingerprint density at radius 2 is 2.23 bits per heavy atom. The molecule has 1 N–H and O–H groups in total. The number of fused-ring (bicyclic) bond motifs is 1. The molecule has 0 bridgehead atoms. The molecule has 0 aliphatic carbocycles. The smallest absolute Gasteiger partial charge is 0.220 e. The van der Waals surface area contributed by atoms with Gasteiger partial charge in [-0.05, 0) is 35.4 Å². The molecule has 2 aromatic rings. The van der Waals surface area contributed by atoms with E-state index in [-0.39, 0.29) is 11.9 Å². The van der Waals surface area contributed by atoms with Crippen LogP contribution in [0, 0.1) is 0 Å². The van der Waals surface area contributed by atoms with Crippen molar-refractivity contribution in [2.75, 3.05) is 6.61 Å². The van der Waals surface area contributed by atoms with E-state index in [1.807, 2.05) is 12.1 Å². The number of nitrogens with one attached hydrogen (secondary N) is 1. The zero-order valence-electron chi connectivity index (χ0n) is 12.7. The first-order valence-corrected chi connectivity index (χ1v) is 7.92. The number of rotatable bonds is 4. The average Bonchev–Trinajstić information content (AvgIpc) is 2.89. The van der Waals surface area contributed by atoms with Gasteiger partial charge in [0.2, 0.25) is 5.91 Å². The van der Waals surface area contributed by atoms with E-state index in [9.17, 15) is 4.79 Å². The number of halogens is 1. The van der Waals surface area contributed by atoms with Crippen molar-refractivity contribution in [1.29, 1.82) is 0 Å². The Bertz CT molecular complexity index is 715. The monoisotopic (exact) mass is 318 g/mol. The highest BCUT2D eigenvalue weighted by Gasteiger charge is 2.21. The number of benzene rings is 1. The van der Waals surface area contributed by atoms with Crippen molar-refractivity contribution in [1.82, 2.24) is 10.3 Å². The van der Waals surface area contributed by atoms with Gasteiger partial charge in [-0.25, -0.2) is 4.98 Å². The number of carbonyl (C=O) groups excluding carboxylic acids is 1. The van der Waals surface area contributed by atoms with Crippen LogP contribution in [0.25, 0.3) is 10.8 Å². The second kappa shape index (κ2) is 6.13. The Morgan fingerprint density at radius 1 is 1.41 bits per heavy atom. The standard InChI is InChI=1S/C17H19ClN2O2/c1-10(2)12-4-5-15(14-8-19-16(18)7-13(12)14)22-9-11-3-6-17(21)20-11/h4-5,7-8,10-11H,3,6,9H2,1-2H3,(H,20,21). The fourth-order valence-electron chi connectivity index (χ4n) is 2.83. The van der Waals surface area contributed by atoms with E-state index in [0.717, 1.165) is 22.9 Å². The van der Waals surface area contributed by atoms with Crippen LogP contribution in [0.15, 0.2) is 24.4 Å². The maximum Gasteiger partial charge on any atom is 0.220 e. The van der Waals surface area contributed by atoms with Crippen molar-refractivity contribution in [3.8, 4) is 5.75 Å². The SMILES string of the molecule is CC(C)c1ccc(OCC2CCC(=O)N2)c2cnc(Cl)cc12. The summed E-state index contributed by atoms with van der Waals surface area (Å²) in [6.07, 6.45) is 3.16. The molecule has 1 unspecified atom stereocenters. The summed E-state index contributed by atoms with van der Waals surface area (Å²) in [6.45, 7) is 4.78. The van der Waals surface area contributed by atoms with Gasteiger partial charge in [0, 0.05) is 18.0 Å². The molecular weight excluding hydrogens is 300 g/mol. The van der Waals surface area contributed by atoms with E-state index in [0.29, 0.717) is 24.1 Å². The molecule has 22 heavy (non-hydrogen) atoms. The summed E-state index contributed by atoms with van der Waals surface area (Å²) in [6, 6.07) is 6.03. The van der Waals surface area contributed by atoms with Gasteiger partial charge in [0.25, 0.3) is 0 Å². The summed E-state index contributed by atoms with van der Waals surface area (Å²) in [5, 5.41) is 5.42. The Morgan fingerprint density at radius 3 is 2.91 bits per heavy atom. The second-order valence-corrected chi connectivity index (χ2v) is 6.36. The molecular formula is C17H19ClN2O2. The van der Waals surface area contributed by atoms with E-state index in [1.54, 1.807) is 6.20 Å². The topological polar surface area (TPSA) is 51.2 Å². The molecule has 2 heterocycles. The lowest BCUT2D eigenvalue weighted by atomic mass is 9.97. The first-order valence-electron chi connectivity index (χ1n) is 7.55. The predicted octanol–water partition coefficient (Wildman–Crippen LogP) is 3.67. The van der Waals surface area contributed by atoms with Gasteiger partial charge in [-0.15, -0.1) is 0 Å². The minimum absolute atomic E-state index is 0.0904. The van der Waals surface area contributed by atoms with Gasteiger partial charge in [-0.1, -0.05) is 31.5 Å². The third-order valence-corrected chi connectivity index (χ3v) is 4.22. The van der Waals surface area contributed by atoms with Gasteiger partial charge >= 0.3 is 0 Å². The maximum atomic E-state index is 11.2. The summed E-state index contributed by atoms with van der Waals surface area (Å²) in [5.74, 6) is 1.27. The van der Waals surface area contributed by atoms with E-state index in [2.05, 4.69) is 30.2 Å². The molecule has 1 aromatic heterocycles. The largest absolute Gasteiger partial charge is 0.491 e. The van der Waals surface area contributed by atoms with Crippen molar-refractivity contribution < 1.29 is 9.53 Å². The van der Waals surface area contributed by atoms with E-state index in [4.69, 9.17) is 16.3 Å². The van der Waals surface area contributed by atoms with Gasteiger partial charge in [0.1, 0.15) is 17.5 Å². The van der Waals surface area contributed by atoms with E-state index < -0.39 is 0 Å². The average molecular weight is 319 g/mol. The number of carbonyl (C=O) groups is 1. The van der Waals surface area contributed by atoms with Crippen molar-refractivity contribution in [2.24, 2.45) is 0 Å². The zero-order valence-corrected chi connectivity index (χ0v) is 13.5. The summed E-state index contributed by atoms with van der Waals surface area (Å²) >= 11 is 6.04. The van der Waals surface area contributed by atoms with Crippen molar-refractivity contribution in [3.05, 3.63) is 35.1 Å². The second-order valence-electron chi connectivity index (χ2n) is 5.97. The molecule has 1 fully saturated rings. The first kappa shape index (κ1) is 15.1. The van der Waals surface area contributed by atoms with E-state index >= 15 is 0 Å². The summed E-state index contributed by atoms with van der Waals surface area (Å²) < 4.78 is 5.93. The number of aromatic nitrogens is 1. The molecule has 1 atom stereocenters. The van der Waals surface area contributed by atoms with Crippen LogP contribution in [0.3, 0.4) is 0 Å². The minimum atomic E-state index is 0.0904. The highest BCUT2D eigenvalue weighted by atomic mass is 35.5. The van der Waals surface area contributed by atoms with Crippen molar-refractivity contribution in [2.45, 2.75) is 38.6 Å². The van der Waals surface area contributed by atoms with Crippen LogP contribution in [0.4, 0.5) is 0 Å². The summed E-state index contributed by atoms with van der Waals surface area (Å²) in [5.41, 5.74) is 1.22. The number of amides is 1. The van der Waals surface area contributed by atoms with E-state index in [1.165, 1.54) is 5.56 Å². The maximum absolute atomic E-state index is 11.2. The third kappa shape index (κ3) is 3.02. The molecule has 1 saturated heterocycles. The fourth-order valence-corrected chi connectivity index (χ4v) is 2.99. The number of ether oxygens (including phenoxy) is 1. The summed E-state index contributed by atoms with van der Waals surface area (Å²) in [4.78, 5) is 15.4. The lowest BCUT2D eigenvalue weighted by Gasteiger charge is -2.16. The molecule has 1 aromatic carbocycles. The normalized spacial score (nSPS) is 18.0. The lowest BCUT2D eigenvalue weighted by molar-refractivity contribution is -0.119. The highest BCUT2D eigenvalue weighted by molar-refractivity contribution is 6.30. The number of hydrogen-bond donors (Lipinski definition) is 1. The molecule has 5 heteroatoms. The Hall–Kier alpha value is -1.81. The molecule has 1 amide bonds. The van der Waals surface area contributed by atoms with Crippen molar-refractivity contribution >= 4 is 28.3 Å².